The highest BCUT2D eigenvalue weighted by Gasteiger charge is 2.26. The Kier molecular flexibility index (Phi) is 5.40. The van der Waals surface area contributed by atoms with Gasteiger partial charge in [-0.1, -0.05) is 23.7 Å². The molecule has 0 saturated heterocycles. The Morgan fingerprint density at radius 2 is 2.03 bits per heavy atom. The topological polar surface area (TPSA) is 85.1 Å². The van der Waals surface area contributed by atoms with E-state index in [1.54, 1.807) is 15.8 Å². The molecule has 8 heteroatoms. The molecule has 1 atom stereocenters. The second kappa shape index (κ2) is 8.01. The highest BCUT2D eigenvalue weighted by Crippen LogP contribution is 2.37. The van der Waals surface area contributed by atoms with Crippen LogP contribution >= 0.6 is 11.6 Å². The van der Waals surface area contributed by atoms with Gasteiger partial charge in [-0.3, -0.25) is 4.68 Å². The van der Waals surface area contributed by atoms with E-state index in [1.807, 2.05) is 38.5 Å². The van der Waals surface area contributed by atoms with E-state index in [0.29, 0.717) is 29.4 Å². The quantitative estimate of drug-likeness (QED) is 0.545. The van der Waals surface area contributed by atoms with Gasteiger partial charge in [-0.25, -0.2) is 10.2 Å². The van der Waals surface area contributed by atoms with Crippen molar-refractivity contribution in [3.63, 3.8) is 0 Å². The lowest BCUT2D eigenvalue weighted by atomic mass is 9.93. The van der Waals surface area contributed by atoms with Crippen molar-refractivity contribution in [1.29, 1.82) is 0 Å². The molecule has 1 aromatic heterocycles. The fraction of sp³-hybridized carbons (Fsp3) is 0.227. The highest BCUT2D eigenvalue weighted by atomic mass is 35.5. The lowest BCUT2D eigenvalue weighted by Gasteiger charge is -2.22. The largest absolute Gasteiger partial charge is 0.401 e. The number of anilines is 1. The van der Waals surface area contributed by atoms with Crippen molar-refractivity contribution in [3.05, 3.63) is 76.5 Å². The van der Waals surface area contributed by atoms with E-state index in [4.69, 9.17) is 23.2 Å². The summed E-state index contributed by atoms with van der Waals surface area (Å²) in [6.45, 7) is 2.43. The molecule has 0 bridgehead atoms. The summed E-state index contributed by atoms with van der Waals surface area (Å²) in [4.78, 5) is 0. The molecule has 1 unspecified atom stereocenters. The van der Waals surface area contributed by atoms with Crippen molar-refractivity contribution in [2.45, 2.75) is 19.4 Å². The van der Waals surface area contributed by atoms with Crippen LogP contribution in [0.5, 0.6) is 0 Å². The van der Waals surface area contributed by atoms with Crippen molar-refractivity contribution < 1.29 is 4.39 Å². The summed E-state index contributed by atoms with van der Waals surface area (Å²) in [5, 5.41) is 9.72. The molecule has 3 aromatic rings. The molecule has 1 aliphatic heterocycles. The molecule has 2 aromatic carbocycles. The minimum atomic E-state index is -0.387. The van der Waals surface area contributed by atoms with Gasteiger partial charge in [0.1, 0.15) is 5.82 Å². The molecule has 0 aliphatic carbocycles. The van der Waals surface area contributed by atoms with E-state index in [2.05, 4.69) is 16.5 Å². The first-order chi connectivity index (χ1) is 14.3. The van der Waals surface area contributed by atoms with Crippen LogP contribution in [0.2, 0.25) is 5.02 Å². The molecule has 0 saturated carbocycles. The highest BCUT2D eigenvalue weighted by molar-refractivity contribution is 6.30. The van der Waals surface area contributed by atoms with Gasteiger partial charge in [0.15, 0.2) is 0 Å². The molecular formula is C22H24ClFN6. The second-order valence-corrected chi connectivity index (χ2v) is 8.01. The third-order valence-electron chi connectivity index (χ3n) is 5.24. The van der Waals surface area contributed by atoms with E-state index < -0.39 is 0 Å². The standard InChI is InChI=1S/C22H24ClFN6/c1-13(25)22-19-4-3-14(15-11-27-29(2)12-15)7-20(19)21(5-6-30(22)26)28-18-9-16(23)8-17(24)10-18/h3-4,7-12,21,28H,5-6,25-26H2,1-2H3/b22-13-. The molecule has 30 heavy (non-hydrogen) atoms. The van der Waals surface area contributed by atoms with E-state index >= 15 is 0 Å². The van der Waals surface area contributed by atoms with Gasteiger partial charge in [-0.2, -0.15) is 5.10 Å². The van der Waals surface area contributed by atoms with Crippen molar-refractivity contribution in [1.82, 2.24) is 14.8 Å². The van der Waals surface area contributed by atoms with Gasteiger partial charge in [-0.15, -0.1) is 0 Å². The van der Waals surface area contributed by atoms with Gasteiger partial charge in [0.25, 0.3) is 0 Å². The summed E-state index contributed by atoms with van der Waals surface area (Å²) >= 11 is 6.05. The van der Waals surface area contributed by atoms with Crippen LogP contribution in [0.25, 0.3) is 16.8 Å². The number of nitrogens with two attached hydrogens (primary N) is 2. The molecule has 0 fully saturated rings. The zero-order chi connectivity index (χ0) is 21.4. The Morgan fingerprint density at radius 3 is 2.70 bits per heavy atom. The zero-order valence-corrected chi connectivity index (χ0v) is 17.6. The van der Waals surface area contributed by atoms with Gasteiger partial charge in [-0.05, 0) is 48.7 Å². The Hall–Kier alpha value is -3.03. The molecule has 1 aliphatic rings. The van der Waals surface area contributed by atoms with Crippen LogP contribution in [0.4, 0.5) is 10.1 Å². The number of fused-ring (bicyclic) bond motifs is 1. The minimum Gasteiger partial charge on any atom is -0.401 e. The molecule has 2 heterocycles. The maximum atomic E-state index is 13.9. The summed E-state index contributed by atoms with van der Waals surface area (Å²) < 4.78 is 15.7. The second-order valence-electron chi connectivity index (χ2n) is 7.57. The van der Waals surface area contributed by atoms with Gasteiger partial charge in [0.2, 0.25) is 0 Å². The van der Waals surface area contributed by atoms with Crippen molar-refractivity contribution in [2.24, 2.45) is 18.6 Å². The van der Waals surface area contributed by atoms with Crippen LogP contribution in [-0.2, 0) is 7.05 Å². The number of hydrogen-bond donors (Lipinski definition) is 3. The van der Waals surface area contributed by atoms with Gasteiger partial charge in [0, 0.05) is 47.3 Å². The molecular weight excluding hydrogens is 403 g/mol. The molecule has 6 nitrogen and oxygen atoms in total. The molecule has 4 rings (SSSR count). The lowest BCUT2D eigenvalue weighted by molar-refractivity contribution is 0.402. The first-order valence-corrected chi connectivity index (χ1v) is 10.0. The number of allylic oxidation sites excluding steroid dienone is 1. The molecule has 0 amide bonds. The fourth-order valence-corrected chi connectivity index (χ4v) is 4.16. The fourth-order valence-electron chi connectivity index (χ4n) is 3.93. The van der Waals surface area contributed by atoms with Crippen molar-refractivity contribution >= 4 is 23.0 Å². The lowest BCUT2D eigenvalue weighted by Crippen LogP contribution is -2.31. The Bertz CT molecular complexity index is 1100. The average Bonchev–Trinajstić information content (AvgIpc) is 3.05. The number of hydrazine groups is 1. The Balaban J connectivity index is 1.83. The van der Waals surface area contributed by atoms with Crippen LogP contribution in [0.3, 0.4) is 0 Å². The summed E-state index contributed by atoms with van der Waals surface area (Å²) in [5.41, 5.74) is 12.3. The smallest absolute Gasteiger partial charge is 0.126 e. The number of aromatic nitrogens is 2. The summed E-state index contributed by atoms with van der Waals surface area (Å²) in [7, 11) is 1.88. The monoisotopic (exact) mass is 426 g/mol. The van der Waals surface area contributed by atoms with E-state index in [1.165, 1.54) is 12.1 Å². The molecule has 156 valence electrons. The summed E-state index contributed by atoms with van der Waals surface area (Å²) in [5.74, 6) is 5.94. The van der Waals surface area contributed by atoms with E-state index in [0.717, 1.165) is 28.0 Å². The van der Waals surface area contributed by atoms with Crippen LogP contribution in [0.1, 0.15) is 30.5 Å². The number of rotatable bonds is 3. The first-order valence-electron chi connectivity index (χ1n) is 9.66. The van der Waals surface area contributed by atoms with E-state index in [-0.39, 0.29) is 11.9 Å². The minimum absolute atomic E-state index is 0.114. The Morgan fingerprint density at radius 1 is 1.23 bits per heavy atom. The normalized spacial score (nSPS) is 18.0. The van der Waals surface area contributed by atoms with Crippen molar-refractivity contribution in [2.75, 3.05) is 11.9 Å². The average molecular weight is 427 g/mol. The third-order valence-corrected chi connectivity index (χ3v) is 5.46. The summed E-state index contributed by atoms with van der Waals surface area (Å²) in [6, 6.07) is 10.5. The zero-order valence-electron chi connectivity index (χ0n) is 16.9. The van der Waals surface area contributed by atoms with E-state index in [9.17, 15) is 4.39 Å². The number of hydrogen-bond acceptors (Lipinski definition) is 5. The predicted molar refractivity (Wildman–Crippen MR) is 119 cm³/mol. The maximum Gasteiger partial charge on any atom is 0.126 e. The van der Waals surface area contributed by atoms with Gasteiger partial charge < -0.3 is 16.1 Å². The predicted octanol–water partition coefficient (Wildman–Crippen LogP) is 4.26. The number of halogens is 2. The molecule has 0 spiro atoms. The molecule has 5 N–H and O–H groups in total. The van der Waals surface area contributed by atoms with Crippen LogP contribution in [0.15, 0.2) is 54.5 Å². The molecule has 0 radical (unpaired) electrons. The van der Waals surface area contributed by atoms with Crippen molar-refractivity contribution in [3.8, 4) is 11.1 Å². The first kappa shape index (κ1) is 20.3. The van der Waals surface area contributed by atoms with Gasteiger partial charge >= 0.3 is 0 Å². The number of nitrogens with one attached hydrogen (secondary N) is 1. The van der Waals surface area contributed by atoms with Gasteiger partial charge in [0.05, 0.1) is 17.9 Å². The SMILES string of the molecule is C/C(N)=C1\c2ccc(-c3cnn(C)c3)cc2C(Nc2cc(F)cc(Cl)c2)CCN1N. The van der Waals surface area contributed by atoms with Crippen LogP contribution in [0, 0.1) is 5.82 Å². The van der Waals surface area contributed by atoms with Crippen LogP contribution < -0.4 is 16.9 Å². The maximum absolute atomic E-state index is 13.9. The Labute approximate surface area is 179 Å². The van der Waals surface area contributed by atoms with Crippen LogP contribution in [-0.4, -0.2) is 21.3 Å². The third kappa shape index (κ3) is 3.99. The number of aryl methyl sites for hydroxylation is 1. The number of benzene rings is 2. The number of nitrogens with zero attached hydrogens (tertiary/aromatic N) is 3. The summed E-state index contributed by atoms with van der Waals surface area (Å²) in [6.07, 6.45) is 4.49.